The van der Waals surface area contributed by atoms with Crippen molar-refractivity contribution in [3.05, 3.63) is 63.9 Å². The molecular formula is C20H22N4O2S. The number of carbonyl (C=O) groups excluding carboxylic acids is 1. The van der Waals surface area contributed by atoms with Crippen molar-refractivity contribution in [3.8, 4) is 10.9 Å². The van der Waals surface area contributed by atoms with Gasteiger partial charge in [-0.25, -0.2) is 10.4 Å². The highest BCUT2D eigenvalue weighted by atomic mass is 32.1. The Morgan fingerprint density at radius 2 is 2.11 bits per heavy atom. The molecule has 0 saturated heterocycles. The lowest BCUT2D eigenvalue weighted by molar-refractivity contribution is -0.123. The highest BCUT2D eigenvalue weighted by Crippen LogP contribution is 2.21. The predicted octanol–water partition coefficient (Wildman–Crippen LogP) is 3.70. The van der Waals surface area contributed by atoms with Gasteiger partial charge >= 0.3 is 0 Å². The minimum Gasteiger partial charge on any atom is -0.483 e. The molecular weight excluding hydrogens is 360 g/mol. The molecule has 0 aliphatic heterocycles. The lowest BCUT2D eigenvalue weighted by Gasteiger charge is -2.08. The summed E-state index contributed by atoms with van der Waals surface area (Å²) >= 11 is 1.57. The van der Waals surface area contributed by atoms with Gasteiger partial charge in [-0.15, -0.1) is 11.3 Å². The van der Waals surface area contributed by atoms with E-state index < -0.39 is 0 Å². The average molecular weight is 382 g/mol. The van der Waals surface area contributed by atoms with Crippen LogP contribution in [0.1, 0.15) is 28.1 Å². The van der Waals surface area contributed by atoms with E-state index in [1.54, 1.807) is 23.7 Å². The summed E-state index contributed by atoms with van der Waals surface area (Å²) in [5, 5.41) is 6.91. The van der Waals surface area contributed by atoms with Gasteiger partial charge in [0.05, 0.1) is 6.21 Å². The molecule has 0 bridgehead atoms. The van der Waals surface area contributed by atoms with Crippen LogP contribution in [0, 0.1) is 27.7 Å². The molecule has 0 aliphatic rings. The van der Waals surface area contributed by atoms with Gasteiger partial charge < -0.3 is 4.74 Å². The molecule has 7 heteroatoms. The van der Waals surface area contributed by atoms with E-state index in [0.29, 0.717) is 5.75 Å². The zero-order valence-electron chi connectivity index (χ0n) is 15.8. The van der Waals surface area contributed by atoms with E-state index in [-0.39, 0.29) is 12.5 Å². The monoisotopic (exact) mass is 382 g/mol. The first-order valence-electron chi connectivity index (χ1n) is 8.56. The van der Waals surface area contributed by atoms with Crippen LogP contribution in [-0.2, 0) is 4.79 Å². The first-order chi connectivity index (χ1) is 13.0. The molecule has 0 saturated carbocycles. The number of ether oxygens (including phenoxy) is 1. The number of nitrogens with one attached hydrogen (secondary N) is 1. The van der Waals surface area contributed by atoms with Gasteiger partial charge in [0.15, 0.2) is 11.7 Å². The zero-order chi connectivity index (χ0) is 19.4. The highest BCUT2D eigenvalue weighted by Gasteiger charge is 2.11. The topological polar surface area (TPSA) is 68.5 Å². The Balaban J connectivity index is 1.60. The normalized spacial score (nSPS) is 11.1. The lowest BCUT2D eigenvalue weighted by atomic mass is 10.1. The number of amides is 1. The number of benzene rings is 1. The summed E-state index contributed by atoms with van der Waals surface area (Å²) in [4.78, 5) is 16.3. The summed E-state index contributed by atoms with van der Waals surface area (Å²) in [6.07, 6.45) is 3.42. The van der Waals surface area contributed by atoms with Gasteiger partial charge in [0.2, 0.25) is 0 Å². The summed E-state index contributed by atoms with van der Waals surface area (Å²) in [6.45, 7) is 7.87. The molecule has 3 rings (SSSR count). The number of aromatic nitrogens is 2. The smallest absolute Gasteiger partial charge is 0.277 e. The minimum atomic E-state index is -0.305. The van der Waals surface area contributed by atoms with Crippen LogP contribution in [0.3, 0.4) is 0 Å². The molecule has 0 aliphatic carbocycles. The Bertz CT molecular complexity index is 974. The van der Waals surface area contributed by atoms with Crippen molar-refractivity contribution in [2.75, 3.05) is 6.61 Å². The zero-order valence-corrected chi connectivity index (χ0v) is 16.6. The largest absolute Gasteiger partial charge is 0.483 e. The summed E-state index contributed by atoms with van der Waals surface area (Å²) in [5.41, 5.74) is 7.60. The van der Waals surface area contributed by atoms with Crippen LogP contribution in [-0.4, -0.2) is 28.3 Å². The van der Waals surface area contributed by atoms with Crippen LogP contribution in [0.25, 0.3) is 5.13 Å². The van der Waals surface area contributed by atoms with Crippen LogP contribution in [0.4, 0.5) is 0 Å². The van der Waals surface area contributed by atoms with E-state index in [9.17, 15) is 4.79 Å². The average Bonchev–Trinajstić information content (AvgIpc) is 3.24. The van der Waals surface area contributed by atoms with E-state index in [1.807, 2.05) is 57.3 Å². The van der Waals surface area contributed by atoms with E-state index in [0.717, 1.165) is 33.2 Å². The van der Waals surface area contributed by atoms with Gasteiger partial charge in [-0.3, -0.25) is 9.36 Å². The Morgan fingerprint density at radius 3 is 2.85 bits per heavy atom. The van der Waals surface area contributed by atoms with Crippen molar-refractivity contribution >= 4 is 23.5 Å². The molecule has 3 aromatic rings. The summed E-state index contributed by atoms with van der Waals surface area (Å²) < 4.78 is 7.65. The maximum atomic E-state index is 12.0. The van der Waals surface area contributed by atoms with Gasteiger partial charge in [-0.1, -0.05) is 12.1 Å². The van der Waals surface area contributed by atoms with Crippen LogP contribution < -0.4 is 10.2 Å². The van der Waals surface area contributed by atoms with Crippen LogP contribution >= 0.6 is 11.3 Å². The van der Waals surface area contributed by atoms with Crippen molar-refractivity contribution in [1.29, 1.82) is 0 Å². The number of hydrazone groups is 1. The molecule has 1 N–H and O–H groups in total. The van der Waals surface area contributed by atoms with Gasteiger partial charge in [-0.05, 0) is 51.0 Å². The molecule has 140 valence electrons. The second-order valence-corrected chi connectivity index (χ2v) is 7.20. The number of thiazole rings is 1. The number of hydrogen-bond acceptors (Lipinski definition) is 5. The van der Waals surface area contributed by atoms with E-state index >= 15 is 0 Å². The number of carbonyl (C=O) groups is 1. The Labute approximate surface area is 162 Å². The molecule has 1 aromatic carbocycles. The standard InChI is InChI=1S/C20H22N4O2S/c1-13-5-6-14(2)18(9-13)26-12-19(25)23-22-11-17-10-15(3)24(16(17)4)20-21-7-8-27-20/h5-11H,12H2,1-4H3,(H,23,25)/b22-11-. The van der Waals surface area contributed by atoms with Gasteiger partial charge in [0, 0.05) is 28.5 Å². The first kappa shape index (κ1) is 18.8. The van der Waals surface area contributed by atoms with E-state index in [4.69, 9.17) is 4.74 Å². The van der Waals surface area contributed by atoms with Crippen molar-refractivity contribution in [3.63, 3.8) is 0 Å². The maximum Gasteiger partial charge on any atom is 0.277 e. The number of rotatable bonds is 6. The number of hydrogen-bond donors (Lipinski definition) is 1. The minimum absolute atomic E-state index is 0.0836. The lowest BCUT2D eigenvalue weighted by Crippen LogP contribution is -2.24. The molecule has 0 fully saturated rings. The highest BCUT2D eigenvalue weighted by molar-refractivity contribution is 7.12. The van der Waals surface area contributed by atoms with Crippen LogP contribution in [0.15, 0.2) is 40.9 Å². The Kier molecular flexibility index (Phi) is 5.71. The van der Waals surface area contributed by atoms with Crippen molar-refractivity contribution in [1.82, 2.24) is 15.0 Å². The second kappa shape index (κ2) is 8.18. The number of nitrogens with zero attached hydrogens (tertiary/aromatic N) is 3. The summed E-state index contributed by atoms with van der Waals surface area (Å²) in [6, 6.07) is 7.91. The summed E-state index contributed by atoms with van der Waals surface area (Å²) in [7, 11) is 0. The summed E-state index contributed by atoms with van der Waals surface area (Å²) in [5.74, 6) is 0.405. The third kappa shape index (κ3) is 4.43. The fraction of sp³-hybridized carbons (Fsp3) is 0.250. The van der Waals surface area contributed by atoms with Crippen molar-refractivity contribution in [2.45, 2.75) is 27.7 Å². The molecule has 0 spiro atoms. The molecule has 6 nitrogen and oxygen atoms in total. The van der Waals surface area contributed by atoms with Crippen molar-refractivity contribution in [2.24, 2.45) is 5.10 Å². The molecule has 2 heterocycles. The third-order valence-electron chi connectivity index (χ3n) is 4.18. The molecule has 0 unspecified atom stereocenters. The van der Waals surface area contributed by atoms with E-state index in [2.05, 4.69) is 20.1 Å². The van der Waals surface area contributed by atoms with Gasteiger partial charge in [0.25, 0.3) is 5.91 Å². The fourth-order valence-electron chi connectivity index (χ4n) is 2.75. The van der Waals surface area contributed by atoms with Crippen molar-refractivity contribution < 1.29 is 9.53 Å². The quantitative estimate of drug-likeness (QED) is 0.522. The van der Waals surface area contributed by atoms with Crippen LogP contribution in [0.2, 0.25) is 0 Å². The van der Waals surface area contributed by atoms with Gasteiger partial charge in [-0.2, -0.15) is 5.10 Å². The van der Waals surface area contributed by atoms with Gasteiger partial charge in [0.1, 0.15) is 5.75 Å². The Hall–Kier alpha value is -2.93. The third-order valence-corrected chi connectivity index (χ3v) is 4.93. The fourth-order valence-corrected chi connectivity index (χ4v) is 3.50. The van der Waals surface area contributed by atoms with Crippen LogP contribution in [0.5, 0.6) is 5.75 Å². The molecule has 0 atom stereocenters. The molecule has 27 heavy (non-hydrogen) atoms. The first-order valence-corrected chi connectivity index (χ1v) is 9.44. The molecule has 2 aromatic heterocycles. The SMILES string of the molecule is Cc1ccc(C)c(OCC(=O)N/N=C\c2cc(C)n(-c3nccs3)c2C)c1. The molecule has 1 amide bonds. The Morgan fingerprint density at radius 1 is 1.30 bits per heavy atom. The van der Waals surface area contributed by atoms with E-state index in [1.165, 1.54) is 0 Å². The predicted molar refractivity (Wildman–Crippen MR) is 108 cm³/mol. The number of aryl methyl sites for hydroxylation is 3. The molecule has 0 radical (unpaired) electrons. The maximum absolute atomic E-state index is 12.0. The second-order valence-electron chi connectivity index (χ2n) is 6.33.